The molecule has 8 heteroatoms. The van der Waals surface area contributed by atoms with Gasteiger partial charge in [0, 0.05) is 30.4 Å². The zero-order chi connectivity index (χ0) is 19.8. The summed E-state index contributed by atoms with van der Waals surface area (Å²) in [5.74, 6) is -0.00782. The minimum atomic E-state index is -1.54. The molecule has 2 heterocycles. The van der Waals surface area contributed by atoms with Crippen molar-refractivity contribution in [3.05, 3.63) is 63.7 Å². The van der Waals surface area contributed by atoms with Gasteiger partial charge in [-0.15, -0.1) is 0 Å². The van der Waals surface area contributed by atoms with Crippen molar-refractivity contribution < 1.29 is 9.00 Å². The maximum atomic E-state index is 13.1. The second-order valence-electron chi connectivity index (χ2n) is 7.08. The number of allylic oxidation sites excluding steroid dienone is 1. The largest absolute Gasteiger partial charge is 0.358 e. The van der Waals surface area contributed by atoms with Crippen molar-refractivity contribution in [2.24, 2.45) is 11.1 Å². The zero-order valence-electron chi connectivity index (χ0n) is 15.7. The fraction of sp³-hybridized carbons (Fsp3) is 0.300. The molecule has 1 aromatic carbocycles. The minimum absolute atomic E-state index is 0.0810. The average Bonchev–Trinajstić information content (AvgIpc) is 3.30. The van der Waals surface area contributed by atoms with Crippen LogP contribution < -0.4 is 10.5 Å². The van der Waals surface area contributed by atoms with Gasteiger partial charge in [0.15, 0.2) is 5.50 Å². The fourth-order valence-corrected chi connectivity index (χ4v) is 5.68. The van der Waals surface area contributed by atoms with Crippen LogP contribution in [0.25, 0.3) is 11.3 Å². The number of amides is 1. The predicted molar refractivity (Wildman–Crippen MR) is 113 cm³/mol. The van der Waals surface area contributed by atoms with E-state index in [1.54, 1.807) is 18.1 Å². The maximum absolute atomic E-state index is 13.1. The molecule has 146 valence electrons. The molecule has 3 atom stereocenters. The number of aromatic nitrogens is 1. The third kappa shape index (κ3) is 3.59. The van der Waals surface area contributed by atoms with Crippen molar-refractivity contribution in [2.75, 3.05) is 7.05 Å². The first kappa shape index (κ1) is 19.2. The molecule has 2 aromatic rings. The molecule has 0 saturated heterocycles. The number of hydrogen-bond donors (Lipinski definition) is 2. The summed E-state index contributed by atoms with van der Waals surface area (Å²) < 4.78 is 12.2. The molecular formula is C20H22N4O2S2. The number of nitrogens with zero attached hydrogens (tertiary/aromatic N) is 2. The summed E-state index contributed by atoms with van der Waals surface area (Å²) in [6.45, 7) is 1.83. The Hall–Kier alpha value is -2.16. The lowest BCUT2D eigenvalue weighted by atomic mass is 10.0. The highest BCUT2D eigenvalue weighted by Gasteiger charge is 2.35. The molecule has 3 N–H and O–H groups in total. The molecule has 2 unspecified atom stereocenters. The molecule has 0 radical (unpaired) electrons. The second-order valence-corrected chi connectivity index (χ2v) is 9.43. The number of carbonyl (C=O) groups is 1. The zero-order valence-corrected chi connectivity index (χ0v) is 17.3. The minimum Gasteiger partial charge on any atom is -0.358 e. The first-order valence-electron chi connectivity index (χ1n) is 9.04. The average molecular weight is 415 g/mol. The molecule has 6 nitrogen and oxygen atoms in total. The summed E-state index contributed by atoms with van der Waals surface area (Å²) >= 11 is 1.35. The van der Waals surface area contributed by atoms with Gasteiger partial charge in [-0.25, -0.2) is 9.35 Å². The van der Waals surface area contributed by atoms with Gasteiger partial charge in [0.05, 0.1) is 5.69 Å². The lowest BCUT2D eigenvalue weighted by molar-refractivity contribution is -0.134. The number of thioether (sulfide) groups is 1. The van der Waals surface area contributed by atoms with Gasteiger partial charge in [-0.1, -0.05) is 30.0 Å². The van der Waals surface area contributed by atoms with Crippen LogP contribution in [0.1, 0.15) is 18.1 Å². The Morgan fingerprint density at radius 2 is 2.07 bits per heavy atom. The molecule has 2 aliphatic rings. The molecule has 0 spiro atoms. The van der Waals surface area contributed by atoms with E-state index < -0.39 is 11.0 Å². The van der Waals surface area contributed by atoms with E-state index in [0.29, 0.717) is 4.24 Å². The van der Waals surface area contributed by atoms with Gasteiger partial charge in [-0.05, 0) is 49.1 Å². The summed E-state index contributed by atoms with van der Waals surface area (Å²) in [6.07, 6.45) is 3.24. The molecule has 0 bridgehead atoms. The molecule has 1 amide bonds. The van der Waals surface area contributed by atoms with E-state index in [1.807, 2.05) is 25.1 Å². The third-order valence-electron chi connectivity index (χ3n) is 5.20. The number of benzene rings is 1. The highest BCUT2D eigenvalue weighted by molar-refractivity contribution is 8.16. The van der Waals surface area contributed by atoms with Gasteiger partial charge in [0.2, 0.25) is 5.91 Å². The normalized spacial score (nSPS) is 22.0. The molecular weight excluding hydrogens is 392 g/mol. The lowest BCUT2D eigenvalue weighted by Crippen LogP contribution is -2.44. The summed E-state index contributed by atoms with van der Waals surface area (Å²) in [7, 11) is 0.242. The third-order valence-corrected chi connectivity index (χ3v) is 7.83. The topological polar surface area (TPSA) is 88.3 Å². The Labute approximate surface area is 171 Å². The van der Waals surface area contributed by atoms with E-state index in [0.717, 1.165) is 29.8 Å². The number of hydrogen-bond acceptors (Lipinski definition) is 5. The highest BCUT2D eigenvalue weighted by atomic mass is 32.2. The van der Waals surface area contributed by atoms with Gasteiger partial charge < -0.3 is 10.2 Å². The van der Waals surface area contributed by atoms with Crippen LogP contribution in [0.15, 0.2) is 52.5 Å². The van der Waals surface area contributed by atoms with Crippen molar-refractivity contribution in [1.82, 2.24) is 15.2 Å². The monoisotopic (exact) mass is 414 g/mol. The van der Waals surface area contributed by atoms with Crippen LogP contribution in [0.3, 0.4) is 0 Å². The van der Waals surface area contributed by atoms with Crippen molar-refractivity contribution >= 4 is 28.7 Å². The van der Waals surface area contributed by atoms with Crippen LogP contribution >= 0.6 is 11.8 Å². The molecule has 1 aliphatic carbocycles. The van der Waals surface area contributed by atoms with Gasteiger partial charge in [-0.2, -0.15) is 0 Å². The first-order chi connectivity index (χ1) is 13.4. The summed E-state index contributed by atoms with van der Waals surface area (Å²) in [5, 5.41) is 8.72. The van der Waals surface area contributed by atoms with Crippen LogP contribution in [0.2, 0.25) is 0 Å². The number of nitrogens with two attached hydrogens (primary N) is 1. The predicted octanol–water partition coefficient (Wildman–Crippen LogP) is 2.35. The summed E-state index contributed by atoms with van der Waals surface area (Å²) in [6, 6.07) is 12.2. The van der Waals surface area contributed by atoms with E-state index in [2.05, 4.69) is 28.5 Å². The van der Waals surface area contributed by atoms with Crippen LogP contribution in [0.5, 0.6) is 0 Å². The molecule has 1 aromatic heterocycles. The number of carbonyl (C=O) groups excluding carboxylic acids is 1. The van der Waals surface area contributed by atoms with Gasteiger partial charge in [0.25, 0.3) is 0 Å². The maximum Gasteiger partial charge on any atom is 0.228 e. The lowest BCUT2D eigenvalue weighted by Gasteiger charge is -2.27. The Kier molecular flexibility index (Phi) is 5.27. The molecule has 1 aliphatic heterocycles. The molecule has 0 saturated carbocycles. The van der Waals surface area contributed by atoms with E-state index in [-0.39, 0.29) is 17.3 Å². The highest BCUT2D eigenvalue weighted by Crippen LogP contribution is 2.35. The van der Waals surface area contributed by atoms with Gasteiger partial charge in [0.1, 0.15) is 15.2 Å². The molecule has 28 heavy (non-hydrogen) atoms. The SMILES string of the molecule is CC1=C(S(N)=O)SC(N(C)C(=O)[C@@H]2Cc3ccc(-c4ccccn4)cc3C2)N1. The van der Waals surface area contributed by atoms with Crippen LogP contribution in [0, 0.1) is 5.92 Å². The van der Waals surface area contributed by atoms with Crippen molar-refractivity contribution in [2.45, 2.75) is 25.3 Å². The van der Waals surface area contributed by atoms with Gasteiger partial charge >= 0.3 is 0 Å². The first-order valence-corrected chi connectivity index (χ1v) is 11.1. The van der Waals surface area contributed by atoms with Crippen molar-refractivity contribution in [1.29, 1.82) is 0 Å². The van der Waals surface area contributed by atoms with Crippen LogP contribution in [0.4, 0.5) is 0 Å². The fourth-order valence-electron chi connectivity index (χ4n) is 3.73. The van der Waals surface area contributed by atoms with Crippen molar-refractivity contribution in [3.63, 3.8) is 0 Å². The number of pyridine rings is 1. The van der Waals surface area contributed by atoms with E-state index in [9.17, 15) is 9.00 Å². The number of fused-ring (bicyclic) bond motifs is 1. The van der Waals surface area contributed by atoms with E-state index in [1.165, 1.54) is 22.9 Å². The summed E-state index contributed by atoms with van der Waals surface area (Å²) in [5.41, 5.74) is 4.93. The van der Waals surface area contributed by atoms with E-state index >= 15 is 0 Å². The Morgan fingerprint density at radius 3 is 2.75 bits per heavy atom. The van der Waals surface area contributed by atoms with Crippen LogP contribution in [-0.4, -0.2) is 32.5 Å². The molecule has 0 fully saturated rings. The Bertz CT molecular complexity index is 977. The van der Waals surface area contributed by atoms with Crippen LogP contribution in [-0.2, 0) is 28.6 Å². The number of nitrogens with one attached hydrogen (secondary N) is 1. The van der Waals surface area contributed by atoms with Crippen molar-refractivity contribution in [3.8, 4) is 11.3 Å². The standard InChI is InChI=1S/C20H22N4O2S2/c1-12-19(28(21)26)27-20(23-12)24(2)18(25)16-9-13-6-7-14(10-15(13)11-16)17-5-3-4-8-22-17/h3-8,10,16,20,23H,9,11,21H2,1-2H3/t16-,20?,28?/m1/s1. The summed E-state index contributed by atoms with van der Waals surface area (Å²) in [4.78, 5) is 19.2. The number of rotatable bonds is 4. The molecule has 4 rings (SSSR count). The second kappa shape index (κ2) is 7.69. The quantitative estimate of drug-likeness (QED) is 0.802. The van der Waals surface area contributed by atoms with E-state index in [4.69, 9.17) is 5.14 Å². The Morgan fingerprint density at radius 1 is 1.29 bits per heavy atom. The smallest absolute Gasteiger partial charge is 0.228 e. The Balaban J connectivity index is 1.46. The van der Waals surface area contributed by atoms with Gasteiger partial charge in [-0.3, -0.25) is 9.78 Å².